The molecule has 4 nitrogen and oxygen atoms in total. The summed E-state index contributed by atoms with van der Waals surface area (Å²) in [5.74, 6) is 0.514. The number of hydrogen-bond donors (Lipinski definition) is 2. The van der Waals surface area contributed by atoms with Crippen LogP contribution in [0.2, 0.25) is 0 Å². The third-order valence-corrected chi connectivity index (χ3v) is 3.41. The zero-order valence-electron chi connectivity index (χ0n) is 9.88. The molecule has 1 unspecified atom stereocenters. The van der Waals surface area contributed by atoms with Crippen molar-refractivity contribution in [1.29, 1.82) is 0 Å². The van der Waals surface area contributed by atoms with Crippen LogP contribution in [0.15, 0.2) is 0 Å². The minimum absolute atomic E-state index is 0.108. The van der Waals surface area contributed by atoms with Crippen LogP contribution in [0.25, 0.3) is 0 Å². The quantitative estimate of drug-likeness (QED) is 0.677. The van der Waals surface area contributed by atoms with E-state index in [4.69, 9.17) is 10.5 Å². The van der Waals surface area contributed by atoms with Gasteiger partial charge in [-0.1, -0.05) is 13.8 Å². The lowest BCUT2D eigenvalue weighted by Gasteiger charge is -2.21. The van der Waals surface area contributed by atoms with Gasteiger partial charge in [0, 0.05) is 13.7 Å². The zero-order valence-corrected chi connectivity index (χ0v) is 9.88. The molecule has 0 aromatic heterocycles. The molecular formula is C11H22N2O2. The van der Waals surface area contributed by atoms with Crippen LogP contribution < -0.4 is 11.1 Å². The molecule has 1 saturated carbocycles. The molecule has 0 saturated heterocycles. The van der Waals surface area contributed by atoms with Crippen molar-refractivity contribution in [2.75, 3.05) is 20.3 Å². The van der Waals surface area contributed by atoms with Crippen molar-refractivity contribution in [3.05, 3.63) is 0 Å². The van der Waals surface area contributed by atoms with Crippen LogP contribution in [0.4, 0.5) is 0 Å². The molecule has 0 aromatic rings. The molecule has 1 atom stereocenters. The van der Waals surface area contributed by atoms with E-state index in [1.807, 2.05) is 0 Å². The van der Waals surface area contributed by atoms with E-state index in [0.717, 1.165) is 6.54 Å². The average Bonchev–Trinajstić information content (AvgIpc) is 2.95. The Bertz CT molecular complexity index is 225. The van der Waals surface area contributed by atoms with Crippen molar-refractivity contribution in [2.24, 2.45) is 17.1 Å². The van der Waals surface area contributed by atoms with Gasteiger partial charge in [-0.15, -0.1) is 0 Å². The number of carbonyl (C=O) groups is 1. The van der Waals surface area contributed by atoms with Gasteiger partial charge in [-0.25, -0.2) is 0 Å². The number of carbonyl (C=O) groups excluding carboxylic acids is 1. The van der Waals surface area contributed by atoms with Crippen LogP contribution in [0.1, 0.15) is 26.7 Å². The Labute approximate surface area is 91.5 Å². The first-order valence-electron chi connectivity index (χ1n) is 5.54. The lowest BCUT2D eigenvalue weighted by atomic mass is 9.92. The molecule has 88 valence electrons. The molecular weight excluding hydrogens is 192 g/mol. The SMILES string of the molecule is COCC(N)C(=O)NCC1(C(C)C)CC1. The lowest BCUT2D eigenvalue weighted by molar-refractivity contribution is -0.123. The van der Waals surface area contributed by atoms with Gasteiger partial charge in [-0.2, -0.15) is 0 Å². The summed E-state index contributed by atoms with van der Waals surface area (Å²) in [5.41, 5.74) is 5.95. The average molecular weight is 214 g/mol. The van der Waals surface area contributed by atoms with E-state index >= 15 is 0 Å². The molecule has 1 aliphatic carbocycles. The highest BCUT2D eigenvalue weighted by molar-refractivity contribution is 5.81. The van der Waals surface area contributed by atoms with E-state index in [-0.39, 0.29) is 12.5 Å². The second-order valence-corrected chi connectivity index (χ2v) is 4.80. The topological polar surface area (TPSA) is 64.3 Å². The number of ether oxygens (including phenoxy) is 1. The molecule has 1 fully saturated rings. The summed E-state index contributed by atoms with van der Waals surface area (Å²) in [7, 11) is 1.55. The van der Waals surface area contributed by atoms with Gasteiger partial charge in [0.25, 0.3) is 0 Å². The monoisotopic (exact) mass is 214 g/mol. The smallest absolute Gasteiger partial charge is 0.239 e. The van der Waals surface area contributed by atoms with Crippen LogP contribution in [0.3, 0.4) is 0 Å². The third-order valence-electron chi connectivity index (χ3n) is 3.41. The first kappa shape index (κ1) is 12.5. The second-order valence-electron chi connectivity index (χ2n) is 4.80. The molecule has 3 N–H and O–H groups in total. The first-order chi connectivity index (χ1) is 7.02. The van der Waals surface area contributed by atoms with Gasteiger partial charge in [-0.05, 0) is 24.2 Å². The minimum atomic E-state index is -0.544. The summed E-state index contributed by atoms with van der Waals surface area (Å²) < 4.78 is 4.83. The van der Waals surface area contributed by atoms with Gasteiger partial charge in [0.2, 0.25) is 5.91 Å². The third kappa shape index (κ3) is 3.18. The summed E-state index contributed by atoms with van der Waals surface area (Å²) in [6.07, 6.45) is 2.43. The Morgan fingerprint density at radius 2 is 2.13 bits per heavy atom. The minimum Gasteiger partial charge on any atom is -0.383 e. The highest BCUT2D eigenvalue weighted by atomic mass is 16.5. The predicted molar refractivity (Wildman–Crippen MR) is 59.4 cm³/mol. The number of amides is 1. The summed E-state index contributed by atoms with van der Waals surface area (Å²) in [6, 6.07) is -0.544. The predicted octanol–water partition coefficient (Wildman–Crippen LogP) is 0.513. The Kier molecular flexibility index (Phi) is 4.11. The summed E-state index contributed by atoms with van der Waals surface area (Å²) in [5, 5.41) is 2.91. The Morgan fingerprint density at radius 3 is 2.53 bits per heavy atom. The fourth-order valence-electron chi connectivity index (χ4n) is 1.77. The molecule has 1 rings (SSSR count). The van der Waals surface area contributed by atoms with E-state index < -0.39 is 6.04 Å². The van der Waals surface area contributed by atoms with Crippen molar-refractivity contribution in [3.8, 4) is 0 Å². The largest absolute Gasteiger partial charge is 0.383 e. The van der Waals surface area contributed by atoms with Gasteiger partial charge >= 0.3 is 0 Å². The molecule has 0 aliphatic heterocycles. The van der Waals surface area contributed by atoms with Gasteiger partial charge in [0.1, 0.15) is 6.04 Å². The molecule has 0 spiro atoms. The fraction of sp³-hybridized carbons (Fsp3) is 0.909. The van der Waals surface area contributed by atoms with E-state index in [0.29, 0.717) is 11.3 Å². The van der Waals surface area contributed by atoms with Gasteiger partial charge in [-0.3, -0.25) is 4.79 Å². The number of nitrogens with one attached hydrogen (secondary N) is 1. The van der Waals surface area contributed by atoms with Crippen molar-refractivity contribution in [2.45, 2.75) is 32.7 Å². The Morgan fingerprint density at radius 1 is 1.53 bits per heavy atom. The molecule has 0 heterocycles. The summed E-state index contributed by atoms with van der Waals surface area (Å²) in [6.45, 7) is 5.43. The maximum Gasteiger partial charge on any atom is 0.239 e. The Hall–Kier alpha value is -0.610. The van der Waals surface area contributed by atoms with Crippen molar-refractivity contribution >= 4 is 5.91 Å². The van der Waals surface area contributed by atoms with Gasteiger partial charge in [0.15, 0.2) is 0 Å². The number of hydrogen-bond acceptors (Lipinski definition) is 3. The van der Waals surface area contributed by atoms with Crippen LogP contribution in [-0.2, 0) is 9.53 Å². The van der Waals surface area contributed by atoms with E-state index in [1.165, 1.54) is 12.8 Å². The lowest BCUT2D eigenvalue weighted by Crippen LogP contribution is -2.45. The molecule has 0 bridgehead atoms. The maximum atomic E-state index is 11.5. The fourth-order valence-corrected chi connectivity index (χ4v) is 1.77. The molecule has 0 aromatic carbocycles. The molecule has 1 amide bonds. The van der Waals surface area contributed by atoms with Crippen LogP contribution in [0.5, 0.6) is 0 Å². The molecule has 4 heteroatoms. The standard InChI is InChI=1S/C11H22N2O2/c1-8(2)11(4-5-11)7-13-10(14)9(12)6-15-3/h8-9H,4-7,12H2,1-3H3,(H,13,14). The van der Waals surface area contributed by atoms with Crippen molar-refractivity contribution in [3.63, 3.8) is 0 Å². The number of methoxy groups -OCH3 is 1. The normalized spacial score (nSPS) is 20.1. The summed E-state index contributed by atoms with van der Waals surface area (Å²) >= 11 is 0. The maximum absolute atomic E-state index is 11.5. The van der Waals surface area contributed by atoms with Crippen molar-refractivity contribution in [1.82, 2.24) is 5.32 Å². The van der Waals surface area contributed by atoms with Crippen LogP contribution >= 0.6 is 0 Å². The molecule has 15 heavy (non-hydrogen) atoms. The number of rotatable bonds is 6. The summed E-state index contributed by atoms with van der Waals surface area (Å²) in [4.78, 5) is 11.5. The highest BCUT2D eigenvalue weighted by Gasteiger charge is 2.45. The van der Waals surface area contributed by atoms with Gasteiger partial charge < -0.3 is 15.8 Å². The van der Waals surface area contributed by atoms with E-state index in [1.54, 1.807) is 7.11 Å². The van der Waals surface area contributed by atoms with Crippen molar-refractivity contribution < 1.29 is 9.53 Å². The first-order valence-corrected chi connectivity index (χ1v) is 5.54. The van der Waals surface area contributed by atoms with E-state index in [2.05, 4.69) is 19.2 Å². The molecule has 1 aliphatic rings. The van der Waals surface area contributed by atoms with Crippen LogP contribution in [-0.4, -0.2) is 32.2 Å². The second kappa shape index (κ2) is 4.94. The number of nitrogens with two attached hydrogens (primary N) is 1. The highest BCUT2D eigenvalue weighted by Crippen LogP contribution is 2.51. The Balaban J connectivity index is 2.28. The van der Waals surface area contributed by atoms with Crippen LogP contribution in [0, 0.1) is 11.3 Å². The van der Waals surface area contributed by atoms with E-state index in [9.17, 15) is 4.79 Å². The molecule has 0 radical (unpaired) electrons. The van der Waals surface area contributed by atoms with Gasteiger partial charge in [0.05, 0.1) is 6.61 Å². The zero-order chi connectivity index (χ0) is 11.5.